The summed E-state index contributed by atoms with van der Waals surface area (Å²) in [5.74, 6) is 0.641. The Morgan fingerprint density at radius 3 is 1.72 bits per heavy atom. The zero-order valence-electron chi connectivity index (χ0n) is 22.0. The first kappa shape index (κ1) is 27.9. The van der Waals surface area contributed by atoms with Crippen LogP contribution in [0.2, 0.25) is 0 Å². The lowest BCUT2D eigenvalue weighted by Gasteiger charge is -2.22. The number of ether oxygens (including phenoxy) is 1. The van der Waals surface area contributed by atoms with Crippen LogP contribution in [0.1, 0.15) is 76.3 Å². The first-order valence-electron chi connectivity index (χ1n) is 11.0. The number of nitrogens with one attached hydrogen (secondary N) is 2. The zero-order chi connectivity index (χ0) is 24.9. The maximum Gasteiger partial charge on any atom is 0.221 e. The second-order valence-corrected chi connectivity index (χ2v) is 10.9. The molecule has 0 aromatic heterocycles. The molecule has 0 spiro atoms. The van der Waals surface area contributed by atoms with E-state index in [4.69, 9.17) is 4.74 Å². The molecule has 2 aromatic carbocycles. The van der Waals surface area contributed by atoms with E-state index in [9.17, 15) is 4.79 Å². The third-order valence-corrected chi connectivity index (χ3v) is 5.82. The summed E-state index contributed by atoms with van der Waals surface area (Å²) in [4.78, 5) is 11.2. The van der Waals surface area contributed by atoms with E-state index in [1.807, 2.05) is 13.0 Å². The summed E-state index contributed by atoms with van der Waals surface area (Å²) in [6, 6.07) is 8.64. The van der Waals surface area contributed by atoms with Gasteiger partial charge in [-0.2, -0.15) is 0 Å². The van der Waals surface area contributed by atoms with Crippen molar-refractivity contribution in [3.8, 4) is 5.75 Å². The third-order valence-electron chi connectivity index (χ3n) is 5.40. The van der Waals surface area contributed by atoms with Crippen molar-refractivity contribution < 1.29 is 9.53 Å². The second-order valence-electron chi connectivity index (χ2n) is 10.3. The van der Waals surface area contributed by atoms with Gasteiger partial charge in [0.2, 0.25) is 5.91 Å². The van der Waals surface area contributed by atoms with Crippen LogP contribution in [0.3, 0.4) is 0 Å². The Labute approximate surface area is 200 Å². The lowest BCUT2D eigenvalue weighted by Crippen LogP contribution is -2.14. The highest BCUT2D eigenvalue weighted by atomic mass is 32.2. The van der Waals surface area contributed by atoms with E-state index in [-0.39, 0.29) is 16.7 Å². The number of aryl methyl sites for hydroxylation is 2. The number of methoxy groups -OCH3 is 1. The number of carbonyl (C=O) groups is 1. The minimum Gasteiger partial charge on any atom is -0.494 e. The average molecular weight is 459 g/mol. The Morgan fingerprint density at radius 1 is 0.844 bits per heavy atom. The molecule has 0 aliphatic rings. The second kappa shape index (κ2) is 11.1. The van der Waals surface area contributed by atoms with E-state index >= 15 is 0 Å². The molecule has 0 saturated heterocycles. The minimum absolute atomic E-state index is 0.0459. The van der Waals surface area contributed by atoms with Crippen molar-refractivity contribution in [1.29, 1.82) is 0 Å². The van der Waals surface area contributed by atoms with Gasteiger partial charge in [-0.3, -0.25) is 4.79 Å². The maximum atomic E-state index is 11.2. The Morgan fingerprint density at radius 2 is 1.31 bits per heavy atom. The predicted octanol–water partition coefficient (Wildman–Crippen LogP) is 7.55. The first-order chi connectivity index (χ1) is 14.6. The van der Waals surface area contributed by atoms with Crippen LogP contribution in [-0.2, 0) is 15.6 Å². The summed E-state index contributed by atoms with van der Waals surface area (Å²) in [5.41, 5.74) is 8.55. The van der Waals surface area contributed by atoms with Crippen molar-refractivity contribution in [2.45, 2.75) is 80.1 Å². The zero-order valence-corrected chi connectivity index (χ0v) is 22.9. The quantitative estimate of drug-likeness (QED) is 0.464. The van der Waals surface area contributed by atoms with Gasteiger partial charge < -0.3 is 14.8 Å². The van der Waals surface area contributed by atoms with Crippen molar-refractivity contribution in [2.24, 2.45) is 0 Å². The van der Waals surface area contributed by atoms with Gasteiger partial charge in [0.05, 0.1) is 12.8 Å². The molecule has 0 radical (unpaired) electrons. The molecule has 4 nitrogen and oxygen atoms in total. The summed E-state index contributed by atoms with van der Waals surface area (Å²) < 4.78 is 8.68. The molecule has 0 aliphatic heterocycles. The van der Waals surface area contributed by atoms with Crippen molar-refractivity contribution >= 4 is 29.2 Å². The van der Waals surface area contributed by atoms with Gasteiger partial charge in [0.1, 0.15) is 5.75 Å². The van der Waals surface area contributed by atoms with E-state index in [1.165, 1.54) is 34.9 Å². The van der Waals surface area contributed by atoms with E-state index in [1.54, 1.807) is 19.1 Å². The van der Waals surface area contributed by atoms with Gasteiger partial charge in [-0.15, -0.1) is 0 Å². The number of hydrogen-bond donors (Lipinski definition) is 2. The van der Waals surface area contributed by atoms with Gasteiger partial charge >= 0.3 is 0 Å². The van der Waals surface area contributed by atoms with Crippen LogP contribution in [0.25, 0.3) is 0 Å². The molecular formula is C27H42N2O2S. The van der Waals surface area contributed by atoms with Gasteiger partial charge in [-0.05, 0) is 71.6 Å². The van der Waals surface area contributed by atoms with E-state index in [0.717, 1.165) is 17.0 Å². The van der Waals surface area contributed by atoms with Gasteiger partial charge in [0, 0.05) is 18.9 Å². The molecule has 2 aromatic rings. The van der Waals surface area contributed by atoms with Crippen LogP contribution in [0, 0.1) is 20.8 Å². The van der Waals surface area contributed by atoms with E-state index < -0.39 is 0 Å². The molecule has 5 heteroatoms. The molecule has 0 bridgehead atoms. The summed E-state index contributed by atoms with van der Waals surface area (Å²) in [7, 11) is 1.62. The van der Waals surface area contributed by atoms with Gasteiger partial charge in [0.15, 0.2) is 0 Å². The average Bonchev–Trinajstić information content (AvgIpc) is 2.63. The maximum absolute atomic E-state index is 11.2. The summed E-state index contributed by atoms with van der Waals surface area (Å²) in [5, 5.41) is 2.81. The standard InChI is InChI=1S/C14H21NO2.C13H21NS/c1-9-7-11(14(3,4)5)8-12(13(9)17-6)15-10(2)16;1-9-7-11(13(3,4)5)8-12(10(9)2)14-15-6/h7-8H,1-6H3,(H,15,16);7-8,14H,1-6H3. The van der Waals surface area contributed by atoms with Crippen molar-refractivity contribution in [1.82, 2.24) is 0 Å². The third kappa shape index (κ3) is 7.77. The number of benzene rings is 2. The summed E-state index contributed by atoms with van der Waals surface area (Å²) in [6.45, 7) is 21.0. The summed E-state index contributed by atoms with van der Waals surface area (Å²) in [6.07, 6.45) is 2.05. The minimum atomic E-state index is -0.0891. The van der Waals surface area contributed by atoms with Gasteiger partial charge in [-0.25, -0.2) is 0 Å². The SMILES string of the molecule is COc1c(C)cc(C(C)(C)C)cc1NC(C)=O.CSNc1cc(C(C)(C)C)cc(C)c1C. The number of amides is 1. The van der Waals surface area contributed by atoms with Crippen molar-refractivity contribution in [2.75, 3.05) is 23.4 Å². The first-order valence-corrected chi connectivity index (χ1v) is 12.2. The highest BCUT2D eigenvalue weighted by Gasteiger charge is 2.18. The number of carbonyl (C=O) groups excluding carboxylic acids is 1. The van der Waals surface area contributed by atoms with Gasteiger partial charge in [0.25, 0.3) is 0 Å². The largest absolute Gasteiger partial charge is 0.494 e. The Balaban J connectivity index is 0.000000323. The Kier molecular flexibility index (Phi) is 9.70. The lowest BCUT2D eigenvalue weighted by molar-refractivity contribution is -0.114. The lowest BCUT2D eigenvalue weighted by atomic mass is 9.85. The van der Waals surface area contributed by atoms with Crippen LogP contribution in [0.4, 0.5) is 11.4 Å². The fraction of sp³-hybridized carbons (Fsp3) is 0.519. The van der Waals surface area contributed by atoms with Crippen LogP contribution in [0.5, 0.6) is 5.75 Å². The smallest absolute Gasteiger partial charge is 0.221 e. The Bertz CT molecular complexity index is 938. The molecular weight excluding hydrogens is 416 g/mol. The highest BCUT2D eigenvalue weighted by Crippen LogP contribution is 2.34. The van der Waals surface area contributed by atoms with Crippen molar-refractivity contribution in [3.63, 3.8) is 0 Å². The van der Waals surface area contributed by atoms with E-state index in [2.05, 4.69) is 89.9 Å². The van der Waals surface area contributed by atoms with Crippen LogP contribution < -0.4 is 14.8 Å². The molecule has 0 fully saturated rings. The molecule has 0 unspecified atom stereocenters. The van der Waals surface area contributed by atoms with Crippen LogP contribution in [0.15, 0.2) is 24.3 Å². The molecule has 2 N–H and O–H groups in total. The molecule has 0 heterocycles. The predicted molar refractivity (Wildman–Crippen MR) is 142 cm³/mol. The molecule has 1 amide bonds. The topological polar surface area (TPSA) is 50.4 Å². The summed E-state index contributed by atoms with van der Waals surface area (Å²) >= 11 is 1.65. The molecule has 178 valence electrons. The molecule has 0 atom stereocenters. The fourth-order valence-electron chi connectivity index (χ4n) is 3.27. The fourth-order valence-corrected chi connectivity index (χ4v) is 3.70. The number of anilines is 2. The van der Waals surface area contributed by atoms with Crippen LogP contribution >= 0.6 is 11.9 Å². The monoisotopic (exact) mass is 458 g/mol. The number of hydrogen-bond acceptors (Lipinski definition) is 4. The molecule has 2 rings (SSSR count). The molecule has 0 aliphatic carbocycles. The Hall–Kier alpha value is -2.14. The highest BCUT2D eigenvalue weighted by molar-refractivity contribution is 7.99. The van der Waals surface area contributed by atoms with Crippen LogP contribution in [-0.4, -0.2) is 19.3 Å². The molecule has 32 heavy (non-hydrogen) atoms. The molecule has 0 saturated carbocycles. The van der Waals surface area contributed by atoms with Crippen molar-refractivity contribution in [3.05, 3.63) is 52.1 Å². The number of rotatable bonds is 4. The van der Waals surface area contributed by atoms with E-state index in [0.29, 0.717) is 0 Å². The normalized spacial score (nSPS) is 11.4. The van der Waals surface area contributed by atoms with Gasteiger partial charge in [-0.1, -0.05) is 65.6 Å².